The number of benzene rings is 2. The molecule has 1 amide bonds. The molecule has 0 heterocycles. The molecule has 0 unspecified atom stereocenters. The average molecular weight is 422 g/mol. The van der Waals surface area contributed by atoms with Gasteiger partial charge in [-0.1, -0.05) is 0 Å². The van der Waals surface area contributed by atoms with Crippen molar-refractivity contribution in [3.63, 3.8) is 0 Å². The smallest absolute Gasteiger partial charge is 0.285 e. The van der Waals surface area contributed by atoms with Crippen LogP contribution in [0.1, 0.15) is 17.3 Å². The zero-order chi connectivity index (χ0) is 20.7. The third-order valence-corrected chi connectivity index (χ3v) is 4.81. The van der Waals surface area contributed by atoms with Crippen molar-refractivity contribution in [3.8, 4) is 5.75 Å². The Morgan fingerprint density at radius 2 is 1.71 bits per heavy atom. The van der Waals surface area contributed by atoms with Crippen LogP contribution < -0.4 is 26.8 Å². The minimum absolute atomic E-state index is 0.0544. The zero-order valence-electron chi connectivity index (χ0n) is 14.9. The summed E-state index contributed by atoms with van der Waals surface area (Å²) in [6.45, 7) is 2.40. The standard InChI is InChI=1S/C17H19N5O4S2/c1-2-26-13-7-3-11(4-8-13)15(23)21-17(27)20-12-5-9-14(10-6-12)28(24,25)22-16(18)19/h3-10H,2H2,1H3,(H4,18,19,22)(H2,20,21,23,27). The number of carbonyl (C=O) groups is 1. The summed E-state index contributed by atoms with van der Waals surface area (Å²) in [5.41, 5.74) is 11.1. The Labute approximate surface area is 167 Å². The van der Waals surface area contributed by atoms with Gasteiger partial charge in [-0.15, -0.1) is 4.40 Å². The van der Waals surface area contributed by atoms with Gasteiger partial charge in [0.2, 0.25) is 5.96 Å². The molecule has 2 aromatic carbocycles. The number of amides is 1. The number of nitrogens with one attached hydrogen (secondary N) is 2. The SMILES string of the molecule is CCOc1ccc(C(=O)NC(=S)Nc2ccc(S(=O)(=O)N=C(N)N)cc2)cc1. The van der Waals surface area contributed by atoms with Gasteiger partial charge in [-0.05, 0) is 67.7 Å². The minimum Gasteiger partial charge on any atom is -0.494 e. The first-order valence-electron chi connectivity index (χ1n) is 8.02. The van der Waals surface area contributed by atoms with Crippen LogP contribution in [0.2, 0.25) is 0 Å². The zero-order valence-corrected chi connectivity index (χ0v) is 16.5. The summed E-state index contributed by atoms with van der Waals surface area (Å²) in [5, 5.41) is 5.38. The Bertz CT molecular complexity index is 983. The Kier molecular flexibility index (Phi) is 6.90. The minimum atomic E-state index is -3.97. The number of nitrogens with zero attached hydrogens (tertiary/aromatic N) is 1. The number of carbonyl (C=O) groups excluding carboxylic acids is 1. The van der Waals surface area contributed by atoms with Gasteiger partial charge in [-0.3, -0.25) is 10.1 Å². The molecule has 0 saturated carbocycles. The van der Waals surface area contributed by atoms with Crippen LogP contribution in [0.15, 0.2) is 57.8 Å². The predicted molar refractivity (Wildman–Crippen MR) is 111 cm³/mol. The number of thiocarbonyl (C=S) groups is 1. The molecule has 0 aliphatic heterocycles. The van der Waals surface area contributed by atoms with E-state index >= 15 is 0 Å². The molecule has 0 aliphatic carbocycles. The van der Waals surface area contributed by atoms with Crippen molar-refractivity contribution >= 4 is 44.9 Å². The third kappa shape index (κ3) is 5.93. The molecule has 0 aliphatic rings. The maximum absolute atomic E-state index is 12.2. The number of anilines is 1. The molecule has 0 radical (unpaired) electrons. The highest BCUT2D eigenvalue weighted by Crippen LogP contribution is 2.16. The van der Waals surface area contributed by atoms with E-state index in [9.17, 15) is 13.2 Å². The molecule has 2 aromatic rings. The van der Waals surface area contributed by atoms with Gasteiger partial charge < -0.3 is 21.5 Å². The van der Waals surface area contributed by atoms with E-state index in [4.69, 9.17) is 28.4 Å². The second kappa shape index (κ2) is 9.15. The highest BCUT2D eigenvalue weighted by molar-refractivity contribution is 7.90. The van der Waals surface area contributed by atoms with Crippen molar-refractivity contribution in [2.24, 2.45) is 15.9 Å². The van der Waals surface area contributed by atoms with Gasteiger partial charge in [0.1, 0.15) is 5.75 Å². The Hall–Kier alpha value is -3.18. The molecule has 148 valence electrons. The van der Waals surface area contributed by atoms with Gasteiger partial charge in [-0.25, -0.2) is 0 Å². The number of sulfonamides is 1. The van der Waals surface area contributed by atoms with E-state index in [0.29, 0.717) is 23.6 Å². The van der Waals surface area contributed by atoms with E-state index in [2.05, 4.69) is 15.0 Å². The van der Waals surface area contributed by atoms with Crippen LogP contribution in [0.4, 0.5) is 5.69 Å². The third-order valence-electron chi connectivity index (χ3n) is 3.29. The highest BCUT2D eigenvalue weighted by Gasteiger charge is 2.13. The number of hydrogen-bond donors (Lipinski definition) is 4. The van der Waals surface area contributed by atoms with Gasteiger partial charge in [0.05, 0.1) is 11.5 Å². The molecule has 0 bridgehead atoms. The first-order valence-corrected chi connectivity index (χ1v) is 9.87. The van der Waals surface area contributed by atoms with Crippen LogP contribution in [0.5, 0.6) is 5.75 Å². The number of ether oxygens (including phenoxy) is 1. The summed E-state index contributed by atoms with van der Waals surface area (Å²) >= 11 is 5.10. The molecule has 11 heteroatoms. The summed E-state index contributed by atoms with van der Waals surface area (Å²) in [5.74, 6) is -0.289. The van der Waals surface area contributed by atoms with Gasteiger partial charge in [-0.2, -0.15) is 8.42 Å². The van der Waals surface area contributed by atoms with E-state index < -0.39 is 21.9 Å². The summed E-state index contributed by atoms with van der Waals surface area (Å²) in [7, 11) is -3.97. The normalized spacial score (nSPS) is 10.6. The molecular formula is C17H19N5O4S2. The lowest BCUT2D eigenvalue weighted by atomic mass is 10.2. The Morgan fingerprint density at radius 1 is 1.11 bits per heavy atom. The van der Waals surface area contributed by atoms with Gasteiger partial charge >= 0.3 is 0 Å². The van der Waals surface area contributed by atoms with Crippen molar-refractivity contribution in [1.82, 2.24) is 5.32 Å². The molecule has 0 fully saturated rings. The summed E-state index contributed by atoms with van der Waals surface area (Å²) in [6.07, 6.45) is 0. The molecule has 0 aromatic heterocycles. The van der Waals surface area contributed by atoms with Crippen molar-refractivity contribution < 1.29 is 17.9 Å². The fraction of sp³-hybridized carbons (Fsp3) is 0.118. The maximum Gasteiger partial charge on any atom is 0.285 e. The van der Waals surface area contributed by atoms with Gasteiger partial charge in [0.25, 0.3) is 15.9 Å². The predicted octanol–water partition coefficient (Wildman–Crippen LogP) is 1.17. The van der Waals surface area contributed by atoms with Gasteiger partial charge in [0.15, 0.2) is 5.11 Å². The Balaban J connectivity index is 1.99. The number of guanidine groups is 1. The first kappa shape index (κ1) is 21.1. The second-order valence-corrected chi connectivity index (χ2v) is 7.39. The van der Waals surface area contributed by atoms with E-state index in [-0.39, 0.29) is 10.0 Å². The van der Waals surface area contributed by atoms with Crippen molar-refractivity contribution in [3.05, 3.63) is 54.1 Å². The van der Waals surface area contributed by atoms with Crippen LogP contribution in [0.3, 0.4) is 0 Å². The molecule has 6 N–H and O–H groups in total. The maximum atomic E-state index is 12.2. The molecule has 28 heavy (non-hydrogen) atoms. The van der Waals surface area contributed by atoms with Crippen molar-refractivity contribution in [2.75, 3.05) is 11.9 Å². The number of rotatable bonds is 6. The number of nitrogens with two attached hydrogens (primary N) is 2. The summed E-state index contributed by atoms with van der Waals surface area (Å²) in [6, 6.07) is 12.1. The molecule has 0 atom stereocenters. The van der Waals surface area contributed by atoms with Gasteiger partial charge in [0, 0.05) is 11.3 Å². The van der Waals surface area contributed by atoms with Crippen molar-refractivity contribution in [1.29, 1.82) is 0 Å². The van der Waals surface area contributed by atoms with Crippen LogP contribution >= 0.6 is 12.2 Å². The topological polar surface area (TPSA) is 149 Å². The molecule has 0 saturated heterocycles. The fourth-order valence-corrected chi connectivity index (χ4v) is 3.18. The van der Waals surface area contributed by atoms with Crippen LogP contribution in [-0.2, 0) is 10.0 Å². The van der Waals surface area contributed by atoms with E-state index in [1.807, 2.05) is 6.92 Å². The quantitative estimate of drug-likeness (QED) is 0.308. The van der Waals surface area contributed by atoms with Crippen LogP contribution in [0, 0.1) is 0 Å². The molecular weight excluding hydrogens is 402 g/mol. The number of hydrogen-bond acceptors (Lipinski definition) is 5. The van der Waals surface area contributed by atoms with E-state index in [1.54, 1.807) is 24.3 Å². The first-order chi connectivity index (χ1) is 13.2. The second-order valence-electron chi connectivity index (χ2n) is 5.38. The summed E-state index contributed by atoms with van der Waals surface area (Å²) in [4.78, 5) is 12.1. The van der Waals surface area contributed by atoms with E-state index in [0.717, 1.165) is 0 Å². The van der Waals surface area contributed by atoms with E-state index in [1.165, 1.54) is 24.3 Å². The lowest BCUT2D eigenvalue weighted by Gasteiger charge is -2.10. The van der Waals surface area contributed by atoms with Crippen molar-refractivity contribution in [2.45, 2.75) is 11.8 Å². The molecule has 0 spiro atoms. The largest absolute Gasteiger partial charge is 0.494 e. The fourth-order valence-electron chi connectivity index (χ4n) is 2.11. The average Bonchev–Trinajstić information content (AvgIpc) is 2.62. The lowest BCUT2D eigenvalue weighted by Crippen LogP contribution is -2.34. The van der Waals surface area contributed by atoms with Crippen LogP contribution in [-0.4, -0.2) is 32.0 Å². The summed E-state index contributed by atoms with van der Waals surface area (Å²) < 4.78 is 32.3. The lowest BCUT2D eigenvalue weighted by molar-refractivity contribution is 0.0977. The highest BCUT2D eigenvalue weighted by atomic mass is 32.2. The monoisotopic (exact) mass is 421 g/mol. The molecule has 2 rings (SSSR count). The Morgan fingerprint density at radius 3 is 2.25 bits per heavy atom. The molecule has 9 nitrogen and oxygen atoms in total. The van der Waals surface area contributed by atoms with Crippen LogP contribution in [0.25, 0.3) is 0 Å².